The Morgan fingerprint density at radius 2 is 1.94 bits per heavy atom. The lowest BCUT2D eigenvalue weighted by molar-refractivity contribution is -0.126. The molecule has 1 atom stereocenters. The number of carbonyl (C=O) groups excluding carboxylic acids is 2. The van der Waals surface area contributed by atoms with Crippen molar-refractivity contribution in [2.75, 3.05) is 6.61 Å². The van der Waals surface area contributed by atoms with E-state index >= 15 is 0 Å². The van der Waals surface area contributed by atoms with E-state index in [2.05, 4.69) is 5.32 Å². The van der Waals surface area contributed by atoms with Crippen LogP contribution in [0.3, 0.4) is 0 Å². The molecule has 1 unspecified atom stereocenters. The van der Waals surface area contributed by atoms with E-state index in [4.69, 9.17) is 9.15 Å². The van der Waals surface area contributed by atoms with Crippen molar-refractivity contribution < 1.29 is 18.7 Å². The Morgan fingerprint density at radius 1 is 1.16 bits per heavy atom. The summed E-state index contributed by atoms with van der Waals surface area (Å²) in [5.41, 5.74) is 0.736. The summed E-state index contributed by atoms with van der Waals surface area (Å²) in [6.45, 7) is 2.80. The highest BCUT2D eigenvalue weighted by atomic mass is 32.1. The highest BCUT2D eigenvalue weighted by Crippen LogP contribution is 2.29. The average molecular weight is 453 g/mol. The number of furan rings is 1. The van der Waals surface area contributed by atoms with Crippen molar-refractivity contribution in [3.05, 3.63) is 76.4 Å². The zero-order valence-electron chi connectivity index (χ0n) is 18.2. The molecule has 1 aromatic carbocycles. The molecule has 1 N–H and O–H groups in total. The average Bonchev–Trinajstić information content (AvgIpc) is 3.58. The van der Waals surface area contributed by atoms with Crippen LogP contribution in [0.4, 0.5) is 0 Å². The smallest absolute Gasteiger partial charge is 0.290 e. The van der Waals surface area contributed by atoms with Crippen molar-refractivity contribution in [3.63, 3.8) is 0 Å². The molecule has 2 heterocycles. The number of rotatable bonds is 9. The second-order valence-electron chi connectivity index (χ2n) is 7.88. The van der Waals surface area contributed by atoms with Crippen molar-refractivity contribution in [2.45, 2.75) is 51.2 Å². The lowest BCUT2D eigenvalue weighted by Crippen LogP contribution is -2.45. The summed E-state index contributed by atoms with van der Waals surface area (Å²) in [5, 5.41) is 5.15. The number of nitrogens with one attached hydrogen (secondary N) is 1. The van der Waals surface area contributed by atoms with Gasteiger partial charge in [0.2, 0.25) is 5.91 Å². The third-order valence-corrected chi connectivity index (χ3v) is 6.53. The molecule has 6 nitrogen and oxygen atoms in total. The summed E-state index contributed by atoms with van der Waals surface area (Å²) < 4.78 is 11.0. The molecule has 1 saturated carbocycles. The molecule has 2 amide bonds. The topological polar surface area (TPSA) is 71.8 Å². The highest BCUT2D eigenvalue weighted by molar-refractivity contribution is 7.09. The summed E-state index contributed by atoms with van der Waals surface area (Å²) >= 11 is 1.56. The SMILES string of the molecule is CCOc1ccc(C(C(=O)NC2CCCC2)N(Cc2cccs2)C(=O)c2ccco2)cc1. The number of carbonyl (C=O) groups is 2. The first kappa shape index (κ1) is 22.1. The monoisotopic (exact) mass is 452 g/mol. The van der Waals surface area contributed by atoms with Crippen molar-refractivity contribution >= 4 is 23.2 Å². The zero-order chi connectivity index (χ0) is 22.3. The number of amides is 2. The van der Waals surface area contributed by atoms with Gasteiger partial charge in [-0.15, -0.1) is 11.3 Å². The van der Waals surface area contributed by atoms with Crippen LogP contribution in [0.1, 0.15) is 59.6 Å². The van der Waals surface area contributed by atoms with Gasteiger partial charge in [0.05, 0.1) is 19.4 Å². The molecule has 4 rings (SSSR count). The first-order valence-corrected chi connectivity index (χ1v) is 11.9. The Labute approximate surface area is 192 Å². The van der Waals surface area contributed by atoms with Crippen molar-refractivity contribution in [1.82, 2.24) is 10.2 Å². The van der Waals surface area contributed by atoms with Crippen molar-refractivity contribution in [2.24, 2.45) is 0 Å². The van der Waals surface area contributed by atoms with E-state index in [1.807, 2.05) is 48.7 Å². The van der Waals surface area contributed by atoms with E-state index in [0.717, 1.165) is 41.9 Å². The molecule has 1 fully saturated rings. The summed E-state index contributed by atoms with van der Waals surface area (Å²) in [7, 11) is 0. The van der Waals surface area contributed by atoms with Gasteiger partial charge < -0.3 is 19.4 Å². The molecule has 32 heavy (non-hydrogen) atoms. The third-order valence-electron chi connectivity index (χ3n) is 5.67. The quantitative estimate of drug-likeness (QED) is 0.485. The predicted octanol–water partition coefficient (Wildman–Crippen LogP) is 5.18. The lowest BCUT2D eigenvalue weighted by atomic mass is 10.0. The van der Waals surface area contributed by atoms with E-state index < -0.39 is 6.04 Å². The molecular formula is C25H28N2O4S. The van der Waals surface area contributed by atoms with Gasteiger partial charge in [0.25, 0.3) is 5.91 Å². The van der Waals surface area contributed by atoms with E-state index in [1.54, 1.807) is 28.4 Å². The first-order valence-electron chi connectivity index (χ1n) is 11.1. The molecule has 7 heteroatoms. The van der Waals surface area contributed by atoms with Crippen LogP contribution in [0.5, 0.6) is 5.75 Å². The molecule has 0 spiro atoms. The Bertz CT molecular complexity index is 993. The first-order chi connectivity index (χ1) is 15.7. The number of benzene rings is 1. The molecule has 3 aromatic rings. The highest BCUT2D eigenvalue weighted by Gasteiger charge is 2.34. The van der Waals surface area contributed by atoms with Gasteiger partial charge in [0.15, 0.2) is 5.76 Å². The Balaban J connectivity index is 1.70. The van der Waals surface area contributed by atoms with Gasteiger partial charge in [-0.05, 0) is 61.0 Å². The Hall–Kier alpha value is -3.06. The summed E-state index contributed by atoms with van der Waals surface area (Å²) in [6.07, 6.45) is 5.64. The third kappa shape index (κ3) is 5.22. The zero-order valence-corrected chi connectivity index (χ0v) is 19.0. The fourth-order valence-electron chi connectivity index (χ4n) is 4.13. The number of ether oxygens (including phenoxy) is 1. The van der Waals surface area contributed by atoms with Gasteiger partial charge in [0.1, 0.15) is 11.8 Å². The van der Waals surface area contributed by atoms with Gasteiger partial charge >= 0.3 is 0 Å². The second-order valence-corrected chi connectivity index (χ2v) is 8.92. The largest absolute Gasteiger partial charge is 0.494 e. The molecular weight excluding hydrogens is 424 g/mol. The molecule has 0 saturated heterocycles. The van der Waals surface area contributed by atoms with E-state index in [1.165, 1.54) is 6.26 Å². The van der Waals surface area contributed by atoms with Crippen LogP contribution in [-0.2, 0) is 11.3 Å². The number of thiophene rings is 1. The van der Waals surface area contributed by atoms with E-state index in [0.29, 0.717) is 13.2 Å². The van der Waals surface area contributed by atoms with Gasteiger partial charge in [0, 0.05) is 10.9 Å². The fraction of sp³-hybridized carbons (Fsp3) is 0.360. The molecule has 168 valence electrons. The Morgan fingerprint density at radius 3 is 2.56 bits per heavy atom. The lowest BCUT2D eigenvalue weighted by Gasteiger charge is -2.31. The summed E-state index contributed by atoms with van der Waals surface area (Å²) in [4.78, 5) is 29.7. The summed E-state index contributed by atoms with van der Waals surface area (Å²) in [5.74, 6) is 0.459. The van der Waals surface area contributed by atoms with E-state index in [-0.39, 0.29) is 23.6 Å². The second kappa shape index (κ2) is 10.5. The van der Waals surface area contributed by atoms with Gasteiger partial charge in [-0.3, -0.25) is 9.59 Å². The molecule has 1 aliphatic carbocycles. The molecule has 1 aliphatic rings. The van der Waals surface area contributed by atoms with Crippen LogP contribution < -0.4 is 10.1 Å². The van der Waals surface area contributed by atoms with E-state index in [9.17, 15) is 9.59 Å². The summed E-state index contributed by atoms with van der Waals surface area (Å²) in [6, 6.07) is 14.0. The molecule has 0 bridgehead atoms. The van der Waals surface area contributed by atoms with Crippen LogP contribution in [0.25, 0.3) is 0 Å². The van der Waals surface area contributed by atoms with Crippen LogP contribution >= 0.6 is 11.3 Å². The maximum atomic E-state index is 13.6. The minimum Gasteiger partial charge on any atom is -0.494 e. The van der Waals surface area contributed by atoms with Crippen LogP contribution in [0.2, 0.25) is 0 Å². The van der Waals surface area contributed by atoms with Gasteiger partial charge in [-0.1, -0.05) is 31.0 Å². The molecule has 0 radical (unpaired) electrons. The van der Waals surface area contributed by atoms with Crippen LogP contribution in [0.15, 0.2) is 64.6 Å². The maximum absolute atomic E-state index is 13.6. The molecule has 2 aromatic heterocycles. The Kier molecular flexibility index (Phi) is 7.27. The van der Waals surface area contributed by atoms with Crippen LogP contribution in [0, 0.1) is 0 Å². The normalized spacial score (nSPS) is 14.8. The van der Waals surface area contributed by atoms with Crippen LogP contribution in [-0.4, -0.2) is 29.4 Å². The maximum Gasteiger partial charge on any atom is 0.290 e. The van der Waals surface area contributed by atoms with Gasteiger partial charge in [-0.2, -0.15) is 0 Å². The standard InChI is InChI=1S/C25H28N2O4S/c1-2-30-20-13-11-18(12-14-20)23(24(28)26-19-7-3-4-8-19)27(17-21-9-6-16-32-21)25(29)22-10-5-15-31-22/h5-6,9-16,19,23H,2-4,7-8,17H2,1H3,(H,26,28). The minimum atomic E-state index is -0.786. The minimum absolute atomic E-state index is 0.148. The number of nitrogens with zero attached hydrogens (tertiary/aromatic N) is 1. The number of hydrogen-bond acceptors (Lipinski definition) is 5. The van der Waals surface area contributed by atoms with Gasteiger partial charge in [-0.25, -0.2) is 0 Å². The van der Waals surface area contributed by atoms with Crippen molar-refractivity contribution in [1.29, 1.82) is 0 Å². The predicted molar refractivity (Wildman–Crippen MR) is 124 cm³/mol. The molecule has 0 aliphatic heterocycles. The van der Waals surface area contributed by atoms with Crippen molar-refractivity contribution in [3.8, 4) is 5.75 Å². The fourth-order valence-corrected chi connectivity index (χ4v) is 4.83. The number of hydrogen-bond donors (Lipinski definition) is 1.